The Kier molecular flexibility index (Phi) is 10.3. The van der Waals surface area contributed by atoms with E-state index in [1.165, 1.54) is 9.80 Å². The fraction of sp³-hybridized carbons (Fsp3) is 0.500. The average molecular weight is 499 g/mol. The Morgan fingerprint density at radius 3 is 1.25 bits per heavy atom. The van der Waals surface area contributed by atoms with E-state index in [1.54, 1.807) is 0 Å². The zero-order valence-corrected chi connectivity index (χ0v) is 22.4. The van der Waals surface area contributed by atoms with Gasteiger partial charge in [0.25, 0.3) is 0 Å². The number of hydrogen-bond donors (Lipinski definition) is 4. The molecule has 0 spiro atoms. The SMILES string of the molecule is CC(C)(C)NC(=O)N(Cc1ccccc1)C[C@H](O)[C@@H](O)CN(Cc1ccccc1)C(=O)NC(C)(C)C. The molecule has 0 bridgehead atoms. The Balaban J connectivity index is 2.16. The summed E-state index contributed by atoms with van der Waals surface area (Å²) in [6.07, 6.45) is -2.53. The quantitative estimate of drug-likeness (QED) is 0.423. The lowest BCUT2D eigenvalue weighted by molar-refractivity contribution is -0.0110. The lowest BCUT2D eigenvalue weighted by Crippen LogP contribution is -2.54. The van der Waals surface area contributed by atoms with Crippen LogP contribution in [0.1, 0.15) is 52.7 Å². The van der Waals surface area contributed by atoms with Gasteiger partial charge in [0.1, 0.15) is 0 Å². The average Bonchev–Trinajstić information content (AvgIpc) is 2.77. The number of nitrogens with one attached hydrogen (secondary N) is 2. The van der Waals surface area contributed by atoms with Crippen molar-refractivity contribution in [3.8, 4) is 0 Å². The molecular formula is C28H42N4O4. The Morgan fingerprint density at radius 1 is 0.667 bits per heavy atom. The highest BCUT2D eigenvalue weighted by molar-refractivity contribution is 5.75. The second kappa shape index (κ2) is 12.7. The first kappa shape index (κ1) is 29.1. The van der Waals surface area contributed by atoms with Crippen molar-refractivity contribution >= 4 is 12.1 Å². The van der Waals surface area contributed by atoms with E-state index in [0.29, 0.717) is 0 Å². The molecule has 8 heteroatoms. The molecule has 0 unspecified atom stereocenters. The number of nitrogens with zero attached hydrogens (tertiary/aromatic N) is 2. The lowest BCUT2D eigenvalue weighted by Gasteiger charge is -2.33. The van der Waals surface area contributed by atoms with Crippen LogP contribution in [0, 0.1) is 0 Å². The van der Waals surface area contributed by atoms with Gasteiger partial charge in [-0.2, -0.15) is 0 Å². The Hall–Kier alpha value is -3.10. The third kappa shape index (κ3) is 10.7. The van der Waals surface area contributed by atoms with Crippen LogP contribution in [0.3, 0.4) is 0 Å². The number of hydrogen-bond acceptors (Lipinski definition) is 4. The molecule has 0 radical (unpaired) electrons. The number of carbonyl (C=O) groups is 2. The van der Waals surface area contributed by atoms with Gasteiger partial charge in [-0.1, -0.05) is 60.7 Å². The highest BCUT2D eigenvalue weighted by atomic mass is 16.3. The van der Waals surface area contributed by atoms with Gasteiger partial charge in [-0.15, -0.1) is 0 Å². The van der Waals surface area contributed by atoms with Crippen molar-refractivity contribution in [1.82, 2.24) is 20.4 Å². The molecule has 8 nitrogen and oxygen atoms in total. The van der Waals surface area contributed by atoms with Gasteiger partial charge in [0.05, 0.1) is 25.3 Å². The summed E-state index contributed by atoms with van der Waals surface area (Å²) in [4.78, 5) is 28.9. The number of amides is 4. The van der Waals surface area contributed by atoms with Gasteiger partial charge in [-0.3, -0.25) is 0 Å². The smallest absolute Gasteiger partial charge is 0.318 e. The maximum Gasteiger partial charge on any atom is 0.318 e. The molecule has 0 aliphatic rings. The Labute approximate surface area is 215 Å². The van der Waals surface area contributed by atoms with Gasteiger partial charge in [0.15, 0.2) is 0 Å². The Bertz CT molecular complexity index is 876. The molecule has 36 heavy (non-hydrogen) atoms. The largest absolute Gasteiger partial charge is 0.388 e. The first-order valence-electron chi connectivity index (χ1n) is 12.3. The topological polar surface area (TPSA) is 105 Å². The third-order valence-electron chi connectivity index (χ3n) is 5.23. The Morgan fingerprint density at radius 2 is 0.972 bits per heavy atom. The van der Waals surface area contributed by atoms with Crippen LogP contribution < -0.4 is 10.6 Å². The van der Waals surface area contributed by atoms with Crippen molar-refractivity contribution in [3.63, 3.8) is 0 Å². The standard InChI is InChI=1S/C28H42N4O4/c1-27(2,3)29-25(35)31(17-21-13-9-7-10-14-21)19-23(33)24(34)20-32(26(36)30-28(4,5)6)18-22-15-11-8-12-16-22/h7-16,23-24,33-34H,17-20H2,1-6H3,(H,29,35)(H,30,36)/t23-,24-/m0/s1. The first-order chi connectivity index (χ1) is 16.7. The second-order valence-corrected chi connectivity index (χ2v) is 11.2. The number of aliphatic hydroxyl groups is 2. The second-order valence-electron chi connectivity index (χ2n) is 11.2. The number of rotatable bonds is 9. The van der Waals surface area contributed by atoms with Crippen molar-refractivity contribution in [3.05, 3.63) is 71.8 Å². The number of benzene rings is 2. The van der Waals surface area contributed by atoms with Crippen LogP contribution in [-0.4, -0.2) is 68.5 Å². The van der Waals surface area contributed by atoms with E-state index in [4.69, 9.17) is 0 Å². The number of aliphatic hydroxyl groups excluding tert-OH is 2. The monoisotopic (exact) mass is 498 g/mol. The minimum atomic E-state index is -1.26. The van der Waals surface area contributed by atoms with Crippen LogP contribution in [0.4, 0.5) is 9.59 Å². The van der Waals surface area contributed by atoms with Crippen LogP contribution in [0.15, 0.2) is 60.7 Å². The zero-order valence-electron chi connectivity index (χ0n) is 22.4. The molecule has 2 rings (SSSR count). The summed E-state index contributed by atoms with van der Waals surface area (Å²) in [7, 11) is 0. The molecule has 0 aromatic heterocycles. The predicted molar refractivity (Wildman–Crippen MR) is 142 cm³/mol. The van der Waals surface area contributed by atoms with Crippen molar-refractivity contribution in [2.45, 2.75) is 77.9 Å². The van der Waals surface area contributed by atoms with Crippen LogP contribution in [0.25, 0.3) is 0 Å². The van der Waals surface area contributed by atoms with Crippen molar-refractivity contribution < 1.29 is 19.8 Å². The van der Waals surface area contributed by atoms with E-state index in [1.807, 2.05) is 102 Å². The van der Waals surface area contributed by atoms with E-state index < -0.39 is 23.3 Å². The molecule has 0 fully saturated rings. The normalized spacial score (nSPS) is 13.4. The molecule has 0 heterocycles. The molecule has 0 aliphatic heterocycles. The summed E-state index contributed by atoms with van der Waals surface area (Å²) >= 11 is 0. The summed E-state index contributed by atoms with van der Waals surface area (Å²) in [5, 5.41) is 27.7. The highest BCUT2D eigenvalue weighted by Gasteiger charge is 2.29. The van der Waals surface area contributed by atoms with Crippen molar-refractivity contribution in [2.24, 2.45) is 0 Å². The van der Waals surface area contributed by atoms with E-state index in [9.17, 15) is 19.8 Å². The molecule has 0 aliphatic carbocycles. The van der Waals surface area contributed by atoms with Crippen molar-refractivity contribution in [2.75, 3.05) is 13.1 Å². The summed E-state index contributed by atoms with van der Waals surface area (Å²) < 4.78 is 0. The van der Waals surface area contributed by atoms with Gasteiger partial charge < -0.3 is 30.6 Å². The minimum Gasteiger partial charge on any atom is -0.388 e. The molecule has 0 saturated carbocycles. The lowest BCUT2D eigenvalue weighted by atomic mass is 10.1. The maximum atomic E-state index is 13.0. The minimum absolute atomic E-state index is 0.0992. The van der Waals surface area contributed by atoms with Crippen LogP contribution in [0.5, 0.6) is 0 Å². The van der Waals surface area contributed by atoms with E-state index in [0.717, 1.165) is 11.1 Å². The molecule has 0 saturated heterocycles. The third-order valence-corrected chi connectivity index (χ3v) is 5.23. The molecule has 2 aromatic rings. The van der Waals surface area contributed by atoms with Crippen LogP contribution in [0.2, 0.25) is 0 Å². The molecular weight excluding hydrogens is 456 g/mol. The van der Waals surface area contributed by atoms with Crippen LogP contribution >= 0.6 is 0 Å². The van der Waals surface area contributed by atoms with Gasteiger partial charge >= 0.3 is 12.1 Å². The number of carbonyl (C=O) groups excluding carboxylic acids is 2. The van der Waals surface area contributed by atoms with Gasteiger partial charge in [0, 0.05) is 24.2 Å². The molecule has 4 N–H and O–H groups in total. The highest BCUT2D eigenvalue weighted by Crippen LogP contribution is 2.13. The maximum absolute atomic E-state index is 13.0. The summed E-state index contributed by atoms with van der Waals surface area (Å²) in [6.45, 7) is 11.6. The molecule has 4 amide bonds. The molecule has 2 aromatic carbocycles. The predicted octanol–water partition coefficient (Wildman–Crippen LogP) is 3.73. The van der Waals surface area contributed by atoms with Gasteiger partial charge in [0.2, 0.25) is 0 Å². The van der Waals surface area contributed by atoms with E-state index in [2.05, 4.69) is 10.6 Å². The summed E-state index contributed by atoms with van der Waals surface area (Å²) in [5.74, 6) is 0. The van der Waals surface area contributed by atoms with Crippen molar-refractivity contribution in [1.29, 1.82) is 0 Å². The fourth-order valence-corrected chi connectivity index (χ4v) is 3.54. The van der Waals surface area contributed by atoms with Gasteiger partial charge in [-0.25, -0.2) is 9.59 Å². The zero-order chi connectivity index (χ0) is 26.9. The summed E-state index contributed by atoms with van der Waals surface area (Å²) in [5.41, 5.74) is 0.872. The molecule has 2 atom stereocenters. The van der Waals surface area contributed by atoms with Crippen LogP contribution in [-0.2, 0) is 13.1 Å². The molecule has 198 valence electrons. The number of urea groups is 2. The van der Waals surface area contributed by atoms with E-state index >= 15 is 0 Å². The van der Waals surface area contributed by atoms with Gasteiger partial charge in [-0.05, 0) is 52.7 Å². The fourth-order valence-electron chi connectivity index (χ4n) is 3.54. The van der Waals surface area contributed by atoms with E-state index in [-0.39, 0.29) is 38.2 Å². The summed E-state index contributed by atoms with van der Waals surface area (Å²) in [6, 6.07) is 18.2. The first-order valence-corrected chi connectivity index (χ1v) is 12.3.